The van der Waals surface area contributed by atoms with Gasteiger partial charge in [0.2, 0.25) is 10.0 Å². The van der Waals surface area contributed by atoms with Crippen LogP contribution in [-0.2, 0) is 10.0 Å². The number of piperazine rings is 1. The number of methoxy groups -OCH3 is 1. The third-order valence-electron chi connectivity index (χ3n) is 4.50. The lowest BCUT2D eigenvalue weighted by Crippen LogP contribution is -2.48. The normalized spacial score (nSPS) is 16.8. The quantitative estimate of drug-likeness (QED) is 0.782. The van der Waals surface area contributed by atoms with Crippen molar-refractivity contribution < 1.29 is 13.2 Å². The highest BCUT2D eigenvalue weighted by Gasteiger charge is 2.28. The molecule has 0 N–H and O–H groups in total. The summed E-state index contributed by atoms with van der Waals surface area (Å²) in [7, 11) is -1.88. The van der Waals surface area contributed by atoms with E-state index in [4.69, 9.17) is 4.74 Å². The van der Waals surface area contributed by atoms with Gasteiger partial charge in [0, 0.05) is 32.7 Å². The third-order valence-corrected chi connectivity index (χ3v) is 6.41. The summed E-state index contributed by atoms with van der Waals surface area (Å²) in [5.41, 5.74) is 1.17. The highest BCUT2D eigenvalue weighted by Crippen LogP contribution is 2.20. The number of hydrogen-bond donors (Lipinski definition) is 0. The van der Waals surface area contributed by atoms with Gasteiger partial charge in [-0.15, -0.1) is 0 Å². The standard InChI is InChI=1S/C20H24N2O3S/c1-25-19-9-11-20(12-10-19)26(23,24)22-16-14-21(15-17-22)13-5-8-18-6-3-2-4-7-18/h2-12H,13-17H2,1H3. The second-order valence-corrected chi connectivity index (χ2v) is 8.13. The fraction of sp³-hybridized carbons (Fsp3) is 0.300. The molecular weight excluding hydrogens is 348 g/mol. The Kier molecular flexibility index (Phi) is 6.08. The largest absolute Gasteiger partial charge is 0.497 e. The van der Waals surface area contributed by atoms with Crippen LogP contribution >= 0.6 is 0 Å². The van der Waals surface area contributed by atoms with E-state index in [-0.39, 0.29) is 0 Å². The Morgan fingerprint density at radius 1 is 0.962 bits per heavy atom. The van der Waals surface area contributed by atoms with Gasteiger partial charge in [0.1, 0.15) is 5.75 Å². The van der Waals surface area contributed by atoms with Gasteiger partial charge in [-0.25, -0.2) is 8.42 Å². The Labute approximate surface area is 155 Å². The lowest BCUT2D eigenvalue weighted by molar-refractivity contribution is 0.204. The van der Waals surface area contributed by atoms with Crippen molar-refractivity contribution in [3.05, 3.63) is 66.2 Å². The van der Waals surface area contributed by atoms with Crippen LogP contribution in [0.15, 0.2) is 65.6 Å². The molecule has 2 aromatic carbocycles. The molecule has 5 nitrogen and oxygen atoms in total. The fourth-order valence-electron chi connectivity index (χ4n) is 2.95. The number of sulfonamides is 1. The van der Waals surface area contributed by atoms with Gasteiger partial charge >= 0.3 is 0 Å². The minimum absolute atomic E-state index is 0.315. The minimum Gasteiger partial charge on any atom is -0.497 e. The zero-order chi connectivity index (χ0) is 18.4. The Bertz CT molecular complexity index is 825. The molecule has 0 spiro atoms. The van der Waals surface area contributed by atoms with Crippen LogP contribution in [0, 0.1) is 0 Å². The van der Waals surface area contributed by atoms with Gasteiger partial charge in [0.05, 0.1) is 12.0 Å². The molecule has 1 aliphatic rings. The fourth-order valence-corrected chi connectivity index (χ4v) is 4.37. The summed E-state index contributed by atoms with van der Waals surface area (Å²) >= 11 is 0. The summed E-state index contributed by atoms with van der Waals surface area (Å²) in [4.78, 5) is 2.58. The number of ether oxygens (including phenoxy) is 1. The smallest absolute Gasteiger partial charge is 0.243 e. The maximum Gasteiger partial charge on any atom is 0.243 e. The molecule has 1 heterocycles. The van der Waals surface area contributed by atoms with Gasteiger partial charge in [0.25, 0.3) is 0 Å². The van der Waals surface area contributed by atoms with Gasteiger partial charge in [-0.2, -0.15) is 4.31 Å². The number of nitrogens with zero attached hydrogens (tertiary/aromatic N) is 2. The molecule has 0 bridgehead atoms. The van der Waals surface area contributed by atoms with Gasteiger partial charge in [-0.05, 0) is 29.8 Å². The summed E-state index contributed by atoms with van der Waals surface area (Å²) in [5.74, 6) is 0.652. The lowest BCUT2D eigenvalue weighted by atomic mass is 10.2. The van der Waals surface area contributed by atoms with E-state index in [1.807, 2.05) is 18.2 Å². The first-order valence-electron chi connectivity index (χ1n) is 8.68. The van der Waals surface area contributed by atoms with Crippen LogP contribution in [0.5, 0.6) is 5.75 Å². The molecule has 0 radical (unpaired) electrons. The number of hydrogen-bond acceptors (Lipinski definition) is 4. The average Bonchev–Trinajstić information content (AvgIpc) is 2.69. The predicted octanol–water partition coefficient (Wildman–Crippen LogP) is 2.71. The monoisotopic (exact) mass is 372 g/mol. The number of rotatable bonds is 6. The van der Waals surface area contributed by atoms with E-state index in [2.05, 4.69) is 29.2 Å². The molecule has 0 aliphatic carbocycles. The molecule has 26 heavy (non-hydrogen) atoms. The Morgan fingerprint density at radius 2 is 1.62 bits per heavy atom. The zero-order valence-corrected chi connectivity index (χ0v) is 15.7. The summed E-state index contributed by atoms with van der Waals surface area (Å²) < 4.78 is 32.1. The first kappa shape index (κ1) is 18.6. The lowest BCUT2D eigenvalue weighted by Gasteiger charge is -2.33. The molecule has 0 unspecified atom stereocenters. The van der Waals surface area contributed by atoms with Crippen molar-refractivity contribution in [3.63, 3.8) is 0 Å². The molecule has 0 atom stereocenters. The molecule has 0 amide bonds. The van der Waals surface area contributed by atoms with E-state index in [0.717, 1.165) is 19.6 Å². The van der Waals surface area contributed by atoms with Gasteiger partial charge < -0.3 is 4.74 Å². The molecule has 3 rings (SSSR count). The van der Waals surface area contributed by atoms with E-state index in [1.54, 1.807) is 35.7 Å². The van der Waals surface area contributed by atoms with Crippen LogP contribution in [0.25, 0.3) is 6.08 Å². The Hall–Kier alpha value is -2.15. The molecule has 1 aliphatic heterocycles. The second-order valence-electron chi connectivity index (χ2n) is 6.19. The predicted molar refractivity (Wildman–Crippen MR) is 104 cm³/mol. The zero-order valence-electron chi connectivity index (χ0n) is 14.9. The summed E-state index contributed by atoms with van der Waals surface area (Å²) in [6, 6.07) is 16.7. The van der Waals surface area contributed by atoms with Crippen LogP contribution < -0.4 is 4.74 Å². The second kappa shape index (κ2) is 8.49. The molecule has 0 aromatic heterocycles. The van der Waals surface area contributed by atoms with Gasteiger partial charge in [-0.3, -0.25) is 4.90 Å². The maximum absolute atomic E-state index is 12.7. The van der Waals surface area contributed by atoms with Crippen molar-refractivity contribution in [2.75, 3.05) is 39.8 Å². The molecule has 0 saturated carbocycles. The highest BCUT2D eigenvalue weighted by molar-refractivity contribution is 7.89. The van der Waals surface area contributed by atoms with Crippen molar-refractivity contribution in [2.45, 2.75) is 4.90 Å². The van der Waals surface area contributed by atoms with E-state index < -0.39 is 10.0 Å². The van der Waals surface area contributed by atoms with E-state index >= 15 is 0 Å². The van der Waals surface area contributed by atoms with Crippen molar-refractivity contribution in [3.8, 4) is 5.75 Å². The van der Waals surface area contributed by atoms with Crippen LogP contribution in [0.1, 0.15) is 5.56 Å². The van der Waals surface area contributed by atoms with E-state index in [0.29, 0.717) is 23.7 Å². The van der Waals surface area contributed by atoms with Crippen molar-refractivity contribution in [2.24, 2.45) is 0 Å². The van der Waals surface area contributed by atoms with Crippen molar-refractivity contribution in [1.29, 1.82) is 0 Å². The summed E-state index contributed by atoms with van der Waals surface area (Å²) in [6.45, 7) is 3.30. The first-order valence-corrected chi connectivity index (χ1v) is 10.1. The van der Waals surface area contributed by atoms with Crippen LogP contribution in [0.4, 0.5) is 0 Å². The molecule has 6 heteroatoms. The Morgan fingerprint density at radius 3 is 2.23 bits per heavy atom. The first-order chi connectivity index (χ1) is 12.6. The van der Waals surface area contributed by atoms with Crippen LogP contribution in [0.2, 0.25) is 0 Å². The van der Waals surface area contributed by atoms with Gasteiger partial charge in [0.15, 0.2) is 0 Å². The van der Waals surface area contributed by atoms with E-state index in [1.165, 1.54) is 5.56 Å². The maximum atomic E-state index is 12.7. The van der Waals surface area contributed by atoms with Crippen molar-refractivity contribution >= 4 is 16.1 Å². The van der Waals surface area contributed by atoms with Gasteiger partial charge in [-0.1, -0.05) is 42.5 Å². The molecule has 138 valence electrons. The Balaban J connectivity index is 1.54. The minimum atomic E-state index is -3.44. The molecule has 2 aromatic rings. The SMILES string of the molecule is COc1ccc(S(=O)(=O)N2CCN(CC=Cc3ccccc3)CC2)cc1. The molecule has 1 fully saturated rings. The van der Waals surface area contributed by atoms with E-state index in [9.17, 15) is 8.42 Å². The van der Waals surface area contributed by atoms with Crippen molar-refractivity contribution in [1.82, 2.24) is 9.21 Å². The van der Waals surface area contributed by atoms with Crippen LogP contribution in [-0.4, -0.2) is 57.5 Å². The summed E-state index contributed by atoms with van der Waals surface area (Å²) in [6.07, 6.45) is 4.23. The highest BCUT2D eigenvalue weighted by atomic mass is 32.2. The third kappa shape index (κ3) is 4.52. The topological polar surface area (TPSA) is 49.9 Å². The molecular formula is C20H24N2O3S. The molecule has 1 saturated heterocycles. The van der Waals surface area contributed by atoms with Crippen LogP contribution in [0.3, 0.4) is 0 Å². The summed E-state index contributed by atoms with van der Waals surface area (Å²) in [5, 5.41) is 0. The number of benzene rings is 2. The average molecular weight is 372 g/mol.